The Morgan fingerprint density at radius 3 is 2.47 bits per heavy atom. The van der Waals surface area contributed by atoms with Crippen molar-refractivity contribution in [1.82, 2.24) is 5.32 Å². The van der Waals surface area contributed by atoms with Gasteiger partial charge in [-0.3, -0.25) is 4.79 Å². The smallest absolute Gasteiger partial charge is 0.242 e. The molecule has 0 spiro atoms. The molecular weight excluding hydrogens is 238 g/mol. The minimum atomic E-state index is -0.299. The number of amides is 1. The molecule has 1 amide bonds. The Morgan fingerprint density at radius 1 is 1.32 bits per heavy atom. The van der Waals surface area contributed by atoms with Crippen LogP contribution in [0.2, 0.25) is 0 Å². The summed E-state index contributed by atoms with van der Waals surface area (Å²) in [6, 6.07) is 9.03. The first-order valence-electron chi connectivity index (χ1n) is 6.64. The summed E-state index contributed by atoms with van der Waals surface area (Å²) in [4.78, 5) is 11.9. The van der Waals surface area contributed by atoms with Crippen molar-refractivity contribution in [3.8, 4) is 6.07 Å². The molecule has 0 aliphatic carbocycles. The minimum absolute atomic E-state index is 0.00897. The van der Waals surface area contributed by atoms with Crippen LogP contribution in [0.15, 0.2) is 24.3 Å². The second-order valence-electron chi connectivity index (χ2n) is 4.75. The van der Waals surface area contributed by atoms with Crippen molar-refractivity contribution in [3.63, 3.8) is 0 Å². The third-order valence-corrected chi connectivity index (χ3v) is 2.90. The average molecular weight is 259 g/mol. The first-order valence-corrected chi connectivity index (χ1v) is 6.64. The van der Waals surface area contributed by atoms with Gasteiger partial charge in [0.2, 0.25) is 5.91 Å². The Hall–Kier alpha value is -2.02. The normalized spacial score (nSPS) is 13.2. The first kappa shape index (κ1) is 15.0. The lowest BCUT2D eigenvalue weighted by Crippen LogP contribution is -2.42. The van der Waals surface area contributed by atoms with Crippen LogP contribution in [-0.2, 0) is 4.79 Å². The topological polar surface area (TPSA) is 64.9 Å². The monoisotopic (exact) mass is 259 g/mol. The molecule has 4 heteroatoms. The fourth-order valence-corrected chi connectivity index (χ4v) is 1.83. The van der Waals surface area contributed by atoms with E-state index in [1.54, 1.807) is 24.3 Å². The largest absolute Gasteiger partial charge is 0.374 e. The summed E-state index contributed by atoms with van der Waals surface area (Å²) in [6.45, 7) is 5.93. The second kappa shape index (κ2) is 7.42. The number of carbonyl (C=O) groups is 1. The zero-order valence-corrected chi connectivity index (χ0v) is 11.7. The summed E-state index contributed by atoms with van der Waals surface area (Å²) in [5, 5.41) is 14.8. The molecule has 2 N–H and O–H groups in total. The van der Waals surface area contributed by atoms with Gasteiger partial charge in [0.25, 0.3) is 0 Å². The van der Waals surface area contributed by atoms with Gasteiger partial charge in [-0.1, -0.05) is 13.3 Å². The number of carbonyl (C=O) groups excluding carboxylic acids is 1. The van der Waals surface area contributed by atoms with Crippen molar-refractivity contribution in [2.24, 2.45) is 0 Å². The van der Waals surface area contributed by atoms with Gasteiger partial charge in [-0.05, 0) is 44.5 Å². The number of nitrogens with zero attached hydrogens (tertiary/aromatic N) is 1. The standard InChI is InChI=1S/C15H21N3O/c1-4-5-11(2)17-15(19)12(3)18-14-8-6-13(10-16)7-9-14/h6-9,11-12,18H,4-5H2,1-3H3,(H,17,19). The molecule has 1 aromatic carbocycles. The zero-order chi connectivity index (χ0) is 14.3. The molecule has 0 aromatic heterocycles. The molecule has 0 saturated carbocycles. The molecule has 0 heterocycles. The van der Waals surface area contributed by atoms with E-state index in [2.05, 4.69) is 23.6 Å². The maximum Gasteiger partial charge on any atom is 0.242 e. The summed E-state index contributed by atoms with van der Waals surface area (Å²) >= 11 is 0. The molecule has 0 bridgehead atoms. The second-order valence-corrected chi connectivity index (χ2v) is 4.75. The molecule has 1 rings (SSSR count). The molecule has 4 nitrogen and oxygen atoms in total. The lowest BCUT2D eigenvalue weighted by molar-refractivity contribution is -0.122. The fourth-order valence-electron chi connectivity index (χ4n) is 1.83. The molecule has 0 fully saturated rings. The number of rotatable bonds is 6. The van der Waals surface area contributed by atoms with Gasteiger partial charge in [-0.25, -0.2) is 0 Å². The Balaban J connectivity index is 2.51. The lowest BCUT2D eigenvalue weighted by atomic mass is 10.1. The highest BCUT2D eigenvalue weighted by atomic mass is 16.2. The number of nitrogens with one attached hydrogen (secondary N) is 2. The van der Waals surface area contributed by atoms with Crippen LogP contribution in [-0.4, -0.2) is 18.0 Å². The third kappa shape index (κ3) is 5.01. The molecule has 0 aliphatic rings. The van der Waals surface area contributed by atoms with Crippen LogP contribution in [0, 0.1) is 11.3 Å². The highest BCUT2D eigenvalue weighted by molar-refractivity contribution is 5.84. The molecule has 19 heavy (non-hydrogen) atoms. The number of hydrogen-bond acceptors (Lipinski definition) is 3. The number of nitriles is 1. The van der Waals surface area contributed by atoms with Gasteiger partial charge in [0, 0.05) is 11.7 Å². The molecule has 0 radical (unpaired) electrons. The summed E-state index contributed by atoms with van der Waals surface area (Å²) in [5.41, 5.74) is 1.45. The van der Waals surface area contributed by atoms with Crippen LogP contribution in [0.3, 0.4) is 0 Å². The van der Waals surface area contributed by atoms with E-state index in [1.807, 2.05) is 13.8 Å². The lowest BCUT2D eigenvalue weighted by Gasteiger charge is -2.18. The van der Waals surface area contributed by atoms with Crippen LogP contribution < -0.4 is 10.6 Å². The van der Waals surface area contributed by atoms with Crippen LogP contribution in [0.5, 0.6) is 0 Å². The summed E-state index contributed by atoms with van der Waals surface area (Å²) < 4.78 is 0. The predicted octanol–water partition coefficient (Wildman–Crippen LogP) is 2.66. The van der Waals surface area contributed by atoms with Crippen molar-refractivity contribution in [3.05, 3.63) is 29.8 Å². The van der Waals surface area contributed by atoms with E-state index in [9.17, 15) is 4.79 Å². The molecule has 0 saturated heterocycles. The van der Waals surface area contributed by atoms with E-state index in [0.29, 0.717) is 5.56 Å². The van der Waals surface area contributed by atoms with Crippen molar-refractivity contribution in [1.29, 1.82) is 5.26 Å². The van der Waals surface area contributed by atoms with Gasteiger partial charge in [0.05, 0.1) is 11.6 Å². The summed E-state index contributed by atoms with van der Waals surface area (Å²) in [6.07, 6.45) is 2.04. The minimum Gasteiger partial charge on any atom is -0.374 e. The van der Waals surface area contributed by atoms with Crippen LogP contribution in [0.4, 0.5) is 5.69 Å². The molecule has 1 aromatic rings. The highest BCUT2D eigenvalue weighted by Gasteiger charge is 2.14. The van der Waals surface area contributed by atoms with E-state index in [0.717, 1.165) is 18.5 Å². The van der Waals surface area contributed by atoms with Crippen LogP contribution in [0.1, 0.15) is 39.2 Å². The van der Waals surface area contributed by atoms with Gasteiger partial charge in [-0.2, -0.15) is 5.26 Å². The molecule has 2 unspecified atom stereocenters. The molecule has 102 valence electrons. The SMILES string of the molecule is CCCC(C)NC(=O)C(C)Nc1ccc(C#N)cc1. The number of hydrogen-bond donors (Lipinski definition) is 2. The van der Waals surface area contributed by atoms with Crippen LogP contribution >= 0.6 is 0 Å². The van der Waals surface area contributed by atoms with Gasteiger partial charge < -0.3 is 10.6 Å². The molecule has 2 atom stereocenters. The highest BCUT2D eigenvalue weighted by Crippen LogP contribution is 2.10. The Bertz CT molecular complexity index is 447. The summed E-state index contributed by atoms with van der Waals surface area (Å²) in [7, 11) is 0. The first-order chi connectivity index (χ1) is 9.06. The van der Waals surface area contributed by atoms with Gasteiger partial charge >= 0.3 is 0 Å². The van der Waals surface area contributed by atoms with E-state index in [-0.39, 0.29) is 18.0 Å². The quantitative estimate of drug-likeness (QED) is 0.825. The van der Waals surface area contributed by atoms with Gasteiger partial charge in [0.1, 0.15) is 6.04 Å². The van der Waals surface area contributed by atoms with E-state index < -0.39 is 0 Å². The average Bonchev–Trinajstić information content (AvgIpc) is 2.39. The number of benzene rings is 1. The predicted molar refractivity (Wildman–Crippen MR) is 76.8 cm³/mol. The Labute approximate surface area is 114 Å². The maximum atomic E-state index is 11.9. The Morgan fingerprint density at radius 2 is 1.95 bits per heavy atom. The van der Waals surface area contributed by atoms with Crippen LogP contribution in [0.25, 0.3) is 0 Å². The fraction of sp³-hybridized carbons (Fsp3) is 0.467. The Kier molecular flexibility index (Phi) is 5.87. The van der Waals surface area contributed by atoms with Gasteiger partial charge in [0.15, 0.2) is 0 Å². The van der Waals surface area contributed by atoms with Crippen molar-refractivity contribution in [2.75, 3.05) is 5.32 Å². The third-order valence-electron chi connectivity index (χ3n) is 2.90. The molecule has 0 aliphatic heterocycles. The van der Waals surface area contributed by atoms with E-state index >= 15 is 0 Å². The maximum absolute atomic E-state index is 11.9. The van der Waals surface area contributed by atoms with Gasteiger partial charge in [-0.15, -0.1) is 0 Å². The molecular formula is C15H21N3O. The number of anilines is 1. The van der Waals surface area contributed by atoms with Crippen molar-refractivity contribution < 1.29 is 4.79 Å². The van der Waals surface area contributed by atoms with Crippen molar-refractivity contribution in [2.45, 2.75) is 45.7 Å². The zero-order valence-electron chi connectivity index (χ0n) is 11.7. The van der Waals surface area contributed by atoms with E-state index in [4.69, 9.17) is 5.26 Å². The van der Waals surface area contributed by atoms with Crippen molar-refractivity contribution >= 4 is 11.6 Å². The summed E-state index contributed by atoms with van der Waals surface area (Å²) in [5.74, 6) is -0.00897. The van der Waals surface area contributed by atoms with E-state index in [1.165, 1.54) is 0 Å².